The molecule has 0 fully saturated rings. The Bertz CT molecular complexity index is 249. The molecule has 0 radical (unpaired) electrons. The Labute approximate surface area is 72.5 Å². The third-order valence-corrected chi connectivity index (χ3v) is 1.46. The Morgan fingerprint density at radius 2 is 2.17 bits per heavy atom. The van der Waals surface area contributed by atoms with Crippen molar-refractivity contribution in [1.82, 2.24) is 15.0 Å². The molecule has 0 aromatic carbocycles. The fraction of sp³-hybridized carbons (Fsp3) is 0.750. The average molecular weight is 169 g/mol. The number of aromatic nitrogens is 3. The minimum absolute atomic E-state index is 0.107. The van der Waals surface area contributed by atoms with E-state index in [1.54, 1.807) is 10.9 Å². The van der Waals surface area contributed by atoms with E-state index in [2.05, 4.69) is 10.3 Å². The van der Waals surface area contributed by atoms with Gasteiger partial charge in [-0.3, -0.25) is 4.68 Å². The fourth-order valence-corrected chi connectivity index (χ4v) is 0.732. The van der Waals surface area contributed by atoms with Crippen molar-refractivity contribution < 1.29 is 4.74 Å². The van der Waals surface area contributed by atoms with Crippen molar-refractivity contribution in [2.24, 2.45) is 7.05 Å². The lowest BCUT2D eigenvalue weighted by Crippen LogP contribution is -2.19. The van der Waals surface area contributed by atoms with Gasteiger partial charge in [0.1, 0.15) is 0 Å². The van der Waals surface area contributed by atoms with Gasteiger partial charge in [-0.15, -0.1) is 5.10 Å². The Morgan fingerprint density at radius 1 is 1.50 bits per heavy atom. The number of nitrogens with zero attached hydrogens (tertiary/aromatic N) is 3. The Hall–Kier alpha value is -0.900. The molecule has 0 unspecified atom stereocenters. The maximum atomic E-state index is 5.55. The van der Waals surface area contributed by atoms with E-state index < -0.39 is 0 Å². The average Bonchev–Trinajstić information content (AvgIpc) is 2.29. The predicted octanol–water partition coefficient (Wildman–Crippen LogP) is 1.13. The van der Waals surface area contributed by atoms with E-state index in [9.17, 15) is 0 Å². The normalized spacial score (nSPS) is 12.0. The first kappa shape index (κ1) is 9.19. The van der Waals surface area contributed by atoms with Gasteiger partial charge in [0.25, 0.3) is 0 Å². The Morgan fingerprint density at radius 3 is 2.58 bits per heavy atom. The van der Waals surface area contributed by atoms with Crippen LogP contribution in [0.4, 0.5) is 0 Å². The molecule has 0 bridgehead atoms. The fourth-order valence-electron chi connectivity index (χ4n) is 0.732. The van der Waals surface area contributed by atoms with Crippen LogP contribution >= 0.6 is 0 Å². The predicted molar refractivity (Wildman–Crippen MR) is 45.5 cm³/mol. The van der Waals surface area contributed by atoms with Crippen molar-refractivity contribution in [1.29, 1.82) is 0 Å². The molecule has 1 aromatic rings. The quantitative estimate of drug-likeness (QED) is 0.666. The second kappa shape index (κ2) is 3.23. The standard InChI is InChI=1S/C8H15N3O/c1-8(2,3)12-6-7-5-9-10-11(7)4/h5H,6H2,1-4H3. The Kier molecular flexibility index (Phi) is 2.47. The van der Waals surface area contributed by atoms with Crippen LogP contribution in [0.3, 0.4) is 0 Å². The van der Waals surface area contributed by atoms with Gasteiger partial charge in [-0.05, 0) is 20.8 Å². The molecule has 0 saturated heterocycles. The highest BCUT2D eigenvalue weighted by molar-refractivity contribution is 4.90. The summed E-state index contributed by atoms with van der Waals surface area (Å²) in [6, 6.07) is 0. The third kappa shape index (κ3) is 2.62. The first-order valence-electron chi connectivity index (χ1n) is 3.96. The molecular formula is C8H15N3O. The van der Waals surface area contributed by atoms with Gasteiger partial charge in [0.05, 0.1) is 24.1 Å². The molecule has 0 amide bonds. The molecule has 0 spiro atoms. The van der Waals surface area contributed by atoms with Gasteiger partial charge < -0.3 is 4.74 Å². The number of rotatable bonds is 2. The molecule has 0 N–H and O–H groups in total. The molecule has 1 rings (SSSR count). The molecule has 1 aromatic heterocycles. The smallest absolute Gasteiger partial charge is 0.0908 e. The summed E-state index contributed by atoms with van der Waals surface area (Å²) in [6.07, 6.45) is 1.71. The molecule has 0 saturated carbocycles. The molecule has 12 heavy (non-hydrogen) atoms. The van der Waals surface area contributed by atoms with Gasteiger partial charge in [0, 0.05) is 7.05 Å². The van der Waals surface area contributed by atoms with Crippen molar-refractivity contribution in [2.45, 2.75) is 33.0 Å². The van der Waals surface area contributed by atoms with Crippen LogP contribution < -0.4 is 0 Å². The van der Waals surface area contributed by atoms with Crippen molar-refractivity contribution in [3.05, 3.63) is 11.9 Å². The minimum atomic E-state index is -0.107. The van der Waals surface area contributed by atoms with Gasteiger partial charge in [0.2, 0.25) is 0 Å². The van der Waals surface area contributed by atoms with Crippen molar-refractivity contribution >= 4 is 0 Å². The largest absolute Gasteiger partial charge is 0.370 e. The van der Waals surface area contributed by atoms with Gasteiger partial charge in [-0.2, -0.15) is 0 Å². The molecule has 4 nitrogen and oxygen atoms in total. The summed E-state index contributed by atoms with van der Waals surface area (Å²) in [6.45, 7) is 6.64. The van der Waals surface area contributed by atoms with E-state index in [0.29, 0.717) is 6.61 Å². The van der Waals surface area contributed by atoms with Gasteiger partial charge >= 0.3 is 0 Å². The maximum Gasteiger partial charge on any atom is 0.0908 e. The number of aryl methyl sites for hydroxylation is 1. The van der Waals surface area contributed by atoms with E-state index >= 15 is 0 Å². The number of ether oxygens (including phenoxy) is 1. The molecular weight excluding hydrogens is 154 g/mol. The molecule has 1 heterocycles. The third-order valence-electron chi connectivity index (χ3n) is 1.46. The summed E-state index contributed by atoms with van der Waals surface area (Å²) in [5.41, 5.74) is 0.884. The van der Waals surface area contributed by atoms with Crippen LogP contribution in [0.15, 0.2) is 6.20 Å². The maximum absolute atomic E-state index is 5.55. The van der Waals surface area contributed by atoms with Crippen LogP contribution in [0.1, 0.15) is 26.5 Å². The van der Waals surface area contributed by atoms with Crippen LogP contribution in [0.5, 0.6) is 0 Å². The van der Waals surface area contributed by atoms with Crippen LogP contribution in [0.2, 0.25) is 0 Å². The Balaban J connectivity index is 2.49. The summed E-state index contributed by atoms with van der Waals surface area (Å²) < 4.78 is 7.27. The van der Waals surface area contributed by atoms with E-state index in [1.807, 2.05) is 27.8 Å². The second-order valence-corrected chi connectivity index (χ2v) is 3.75. The van der Waals surface area contributed by atoms with Crippen molar-refractivity contribution in [2.75, 3.05) is 0 Å². The van der Waals surface area contributed by atoms with E-state index in [-0.39, 0.29) is 5.60 Å². The van der Waals surface area contributed by atoms with Crippen LogP contribution in [-0.4, -0.2) is 20.6 Å². The zero-order valence-electron chi connectivity index (χ0n) is 8.03. The van der Waals surface area contributed by atoms with Gasteiger partial charge in [0.15, 0.2) is 0 Å². The van der Waals surface area contributed by atoms with Gasteiger partial charge in [-0.1, -0.05) is 5.21 Å². The lowest BCUT2D eigenvalue weighted by Gasteiger charge is -2.18. The molecule has 0 aliphatic heterocycles. The lowest BCUT2D eigenvalue weighted by atomic mass is 10.2. The molecule has 0 aliphatic rings. The molecule has 4 heteroatoms. The summed E-state index contributed by atoms with van der Waals surface area (Å²) >= 11 is 0. The second-order valence-electron chi connectivity index (χ2n) is 3.75. The highest BCUT2D eigenvalue weighted by atomic mass is 16.5. The first-order chi connectivity index (χ1) is 5.49. The first-order valence-corrected chi connectivity index (χ1v) is 3.96. The molecule has 68 valence electrons. The van der Waals surface area contributed by atoms with E-state index in [1.165, 1.54) is 0 Å². The molecule has 0 aliphatic carbocycles. The SMILES string of the molecule is Cn1nncc1COC(C)(C)C. The summed E-state index contributed by atoms with van der Waals surface area (Å²) in [7, 11) is 1.86. The highest BCUT2D eigenvalue weighted by Gasteiger charge is 2.11. The zero-order valence-corrected chi connectivity index (χ0v) is 8.03. The van der Waals surface area contributed by atoms with Crippen LogP contribution in [-0.2, 0) is 18.4 Å². The highest BCUT2D eigenvalue weighted by Crippen LogP contribution is 2.09. The van der Waals surface area contributed by atoms with Crippen LogP contribution in [0, 0.1) is 0 Å². The lowest BCUT2D eigenvalue weighted by molar-refractivity contribution is -0.0177. The minimum Gasteiger partial charge on any atom is -0.370 e. The van der Waals surface area contributed by atoms with E-state index in [4.69, 9.17) is 4.74 Å². The number of hydrogen-bond acceptors (Lipinski definition) is 3. The summed E-state index contributed by atoms with van der Waals surface area (Å²) in [5.74, 6) is 0. The summed E-state index contributed by atoms with van der Waals surface area (Å²) in [4.78, 5) is 0. The van der Waals surface area contributed by atoms with Crippen LogP contribution in [0.25, 0.3) is 0 Å². The van der Waals surface area contributed by atoms with E-state index in [0.717, 1.165) is 5.69 Å². The topological polar surface area (TPSA) is 39.9 Å². The monoisotopic (exact) mass is 169 g/mol. The number of hydrogen-bond donors (Lipinski definition) is 0. The van der Waals surface area contributed by atoms with Gasteiger partial charge in [-0.25, -0.2) is 0 Å². The zero-order chi connectivity index (χ0) is 9.19. The summed E-state index contributed by atoms with van der Waals surface area (Å²) in [5, 5.41) is 7.56. The van der Waals surface area contributed by atoms with Crippen molar-refractivity contribution in [3.8, 4) is 0 Å². The molecule has 0 atom stereocenters. The van der Waals surface area contributed by atoms with Crippen molar-refractivity contribution in [3.63, 3.8) is 0 Å².